The smallest absolute Gasteiger partial charge is 0.253 e. The van der Waals surface area contributed by atoms with Crippen LogP contribution in [0.15, 0.2) is 30.3 Å². The van der Waals surface area contributed by atoms with Crippen LogP contribution in [0.1, 0.15) is 36.0 Å². The average molecular weight is 405 g/mol. The number of rotatable bonds is 2. The van der Waals surface area contributed by atoms with E-state index in [4.69, 9.17) is 4.74 Å². The fraction of sp³-hybridized carbons (Fsp3) is 0.682. The first-order chi connectivity index (χ1) is 14.0. The molecule has 4 aliphatic rings. The second kappa shape index (κ2) is 7.29. The molecule has 5 nitrogen and oxygen atoms in total. The lowest BCUT2D eigenvalue weighted by Crippen LogP contribution is -2.81. The zero-order valence-electron chi connectivity index (χ0n) is 16.7. The zero-order valence-corrected chi connectivity index (χ0v) is 16.7. The van der Waals surface area contributed by atoms with Crippen molar-refractivity contribution in [3.8, 4) is 0 Å². The molecule has 3 heterocycles. The predicted octanol–water partition coefficient (Wildman–Crippen LogP) is 2.48. The Hall–Kier alpha value is -1.57. The molecule has 4 fully saturated rings. The monoisotopic (exact) mass is 405 g/mol. The molecule has 5 rings (SSSR count). The number of halogens is 2. The molecule has 1 amide bonds. The quantitative estimate of drug-likeness (QED) is 0.758. The van der Waals surface area contributed by atoms with E-state index in [0.29, 0.717) is 32.5 Å². The number of piperazine rings is 1. The number of fused-ring (bicyclic) bond motifs is 2. The molecule has 0 aromatic heterocycles. The SMILES string of the molecule is O=C(c1ccccc1)N1C[C@@H]2COCCN2C2(C1)CN(C1CCC(F)(F)CC1)C2. The van der Waals surface area contributed by atoms with E-state index in [9.17, 15) is 13.6 Å². The average Bonchev–Trinajstić information content (AvgIpc) is 2.71. The Labute approximate surface area is 170 Å². The van der Waals surface area contributed by atoms with Crippen LogP contribution in [0.3, 0.4) is 0 Å². The minimum absolute atomic E-state index is 0.0000357. The van der Waals surface area contributed by atoms with E-state index in [1.54, 1.807) is 0 Å². The summed E-state index contributed by atoms with van der Waals surface area (Å²) in [6.07, 6.45) is 1.14. The highest BCUT2D eigenvalue weighted by molar-refractivity contribution is 5.94. The van der Waals surface area contributed by atoms with Gasteiger partial charge in [-0.2, -0.15) is 0 Å². The van der Waals surface area contributed by atoms with Crippen LogP contribution in [-0.4, -0.2) is 90.1 Å². The van der Waals surface area contributed by atoms with Gasteiger partial charge in [0.25, 0.3) is 5.91 Å². The van der Waals surface area contributed by atoms with E-state index in [-0.39, 0.29) is 36.4 Å². The molecule has 0 N–H and O–H groups in total. The summed E-state index contributed by atoms with van der Waals surface area (Å²) in [4.78, 5) is 20.0. The molecule has 0 unspecified atom stereocenters. The number of benzene rings is 1. The molecule has 29 heavy (non-hydrogen) atoms. The van der Waals surface area contributed by atoms with E-state index < -0.39 is 5.92 Å². The van der Waals surface area contributed by atoms with Crippen LogP contribution >= 0.6 is 0 Å². The van der Waals surface area contributed by atoms with Gasteiger partial charge in [-0.1, -0.05) is 18.2 Å². The summed E-state index contributed by atoms with van der Waals surface area (Å²) in [6.45, 7) is 5.36. The molecule has 1 aromatic rings. The number of ether oxygens (including phenoxy) is 1. The van der Waals surface area contributed by atoms with Gasteiger partial charge in [-0.3, -0.25) is 14.6 Å². The fourth-order valence-electron chi connectivity index (χ4n) is 5.75. The van der Waals surface area contributed by atoms with Crippen LogP contribution < -0.4 is 0 Å². The lowest BCUT2D eigenvalue weighted by molar-refractivity contribution is -0.173. The first-order valence-electron chi connectivity index (χ1n) is 10.8. The Morgan fingerprint density at radius 3 is 2.48 bits per heavy atom. The molecular weight excluding hydrogens is 376 g/mol. The van der Waals surface area contributed by atoms with E-state index in [2.05, 4.69) is 9.80 Å². The van der Waals surface area contributed by atoms with Gasteiger partial charge in [0.05, 0.1) is 24.8 Å². The van der Waals surface area contributed by atoms with E-state index >= 15 is 0 Å². The van der Waals surface area contributed by atoms with Gasteiger partial charge in [0.15, 0.2) is 0 Å². The van der Waals surface area contributed by atoms with Crippen LogP contribution in [0, 0.1) is 0 Å². The highest BCUT2D eigenvalue weighted by Gasteiger charge is 2.56. The Morgan fingerprint density at radius 2 is 1.76 bits per heavy atom. The Morgan fingerprint density at radius 1 is 1.03 bits per heavy atom. The van der Waals surface area contributed by atoms with Crippen LogP contribution in [-0.2, 0) is 4.74 Å². The first-order valence-corrected chi connectivity index (χ1v) is 10.8. The second-order valence-electron chi connectivity index (χ2n) is 9.19. The number of hydrogen-bond acceptors (Lipinski definition) is 4. The summed E-state index contributed by atoms with van der Waals surface area (Å²) in [5.41, 5.74) is 0.649. The molecule has 1 aromatic carbocycles. The highest BCUT2D eigenvalue weighted by atomic mass is 19.3. The van der Waals surface area contributed by atoms with Gasteiger partial charge >= 0.3 is 0 Å². The Bertz CT molecular complexity index is 744. The van der Waals surface area contributed by atoms with E-state index in [1.807, 2.05) is 35.2 Å². The largest absolute Gasteiger partial charge is 0.378 e. The number of nitrogens with zero attached hydrogens (tertiary/aromatic N) is 3. The van der Waals surface area contributed by atoms with Crippen molar-refractivity contribution < 1.29 is 18.3 Å². The van der Waals surface area contributed by atoms with Crippen molar-refractivity contribution in [3.63, 3.8) is 0 Å². The van der Waals surface area contributed by atoms with Gasteiger partial charge in [-0.25, -0.2) is 8.78 Å². The lowest BCUT2D eigenvalue weighted by Gasteiger charge is -2.65. The lowest BCUT2D eigenvalue weighted by atomic mass is 9.79. The predicted molar refractivity (Wildman–Crippen MR) is 105 cm³/mol. The van der Waals surface area contributed by atoms with Crippen molar-refractivity contribution in [2.75, 3.05) is 45.9 Å². The van der Waals surface area contributed by atoms with Crippen molar-refractivity contribution in [2.45, 2.75) is 49.2 Å². The molecule has 1 aliphatic carbocycles. The highest BCUT2D eigenvalue weighted by Crippen LogP contribution is 2.42. The summed E-state index contributed by atoms with van der Waals surface area (Å²) in [5.74, 6) is -2.41. The van der Waals surface area contributed by atoms with Crippen LogP contribution in [0.25, 0.3) is 0 Å². The molecule has 0 bridgehead atoms. The van der Waals surface area contributed by atoms with Gasteiger partial charge in [0.2, 0.25) is 5.92 Å². The van der Waals surface area contributed by atoms with Crippen molar-refractivity contribution in [2.24, 2.45) is 0 Å². The number of carbonyl (C=O) groups is 1. The maximum atomic E-state index is 13.5. The van der Waals surface area contributed by atoms with Gasteiger partial charge < -0.3 is 9.64 Å². The Kier molecular flexibility index (Phi) is 4.87. The molecule has 3 aliphatic heterocycles. The summed E-state index contributed by atoms with van der Waals surface area (Å²) in [5, 5.41) is 0. The summed E-state index contributed by atoms with van der Waals surface area (Å²) >= 11 is 0. The van der Waals surface area contributed by atoms with Gasteiger partial charge in [0, 0.05) is 57.2 Å². The van der Waals surface area contributed by atoms with E-state index in [1.165, 1.54) is 0 Å². The summed E-state index contributed by atoms with van der Waals surface area (Å²) in [6, 6.07) is 9.91. The van der Waals surface area contributed by atoms with Crippen molar-refractivity contribution in [3.05, 3.63) is 35.9 Å². The van der Waals surface area contributed by atoms with Crippen molar-refractivity contribution >= 4 is 5.91 Å². The van der Waals surface area contributed by atoms with Gasteiger partial charge in [-0.15, -0.1) is 0 Å². The standard InChI is InChI=1S/C22H29F2N3O2/c23-22(24)8-6-18(7-9-22)26-15-21(16-26)14-25(12-19-13-29-11-10-27(19)21)20(28)17-4-2-1-3-5-17/h1-5,18-19H,6-16H2/t19-/m1/s1. The molecule has 1 saturated carbocycles. The second-order valence-corrected chi connectivity index (χ2v) is 9.19. The molecule has 3 saturated heterocycles. The summed E-state index contributed by atoms with van der Waals surface area (Å²) in [7, 11) is 0. The van der Waals surface area contributed by atoms with Crippen LogP contribution in [0.2, 0.25) is 0 Å². The number of alkyl halides is 2. The minimum atomic E-state index is -2.49. The zero-order chi connectivity index (χ0) is 20.1. The number of amides is 1. The van der Waals surface area contributed by atoms with Gasteiger partial charge in [-0.05, 0) is 25.0 Å². The molecule has 7 heteroatoms. The van der Waals surface area contributed by atoms with Crippen molar-refractivity contribution in [1.29, 1.82) is 0 Å². The third kappa shape index (κ3) is 3.57. The third-order valence-electron chi connectivity index (χ3n) is 7.26. The maximum Gasteiger partial charge on any atom is 0.253 e. The van der Waals surface area contributed by atoms with Crippen LogP contribution in [0.5, 0.6) is 0 Å². The summed E-state index contributed by atoms with van der Waals surface area (Å²) < 4.78 is 32.8. The molecule has 1 spiro atoms. The maximum absolute atomic E-state index is 13.5. The normalized spacial score (nSPS) is 30.0. The molecular formula is C22H29F2N3O2. The minimum Gasteiger partial charge on any atom is -0.378 e. The number of hydrogen-bond donors (Lipinski definition) is 0. The molecule has 1 atom stereocenters. The number of morpholine rings is 1. The first kappa shape index (κ1) is 19.4. The van der Waals surface area contributed by atoms with Crippen molar-refractivity contribution in [1.82, 2.24) is 14.7 Å². The topological polar surface area (TPSA) is 36.0 Å². The van der Waals surface area contributed by atoms with Gasteiger partial charge in [0.1, 0.15) is 0 Å². The van der Waals surface area contributed by atoms with Crippen LogP contribution in [0.4, 0.5) is 8.78 Å². The Balaban J connectivity index is 1.31. The third-order valence-corrected chi connectivity index (χ3v) is 7.26. The molecule has 158 valence electrons. The fourth-order valence-corrected chi connectivity index (χ4v) is 5.75. The number of carbonyl (C=O) groups excluding carboxylic acids is 1. The number of likely N-dealkylation sites (tertiary alicyclic amines) is 1. The van der Waals surface area contributed by atoms with E-state index in [0.717, 1.165) is 31.8 Å². The molecule has 0 radical (unpaired) electrons.